The van der Waals surface area contributed by atoms with Crippen LogP contribution in [0.5, 0.6) is 0 Å². The highest BCUT2D eigenvalue weighted by Crippen LogP contribution is 2.21. The standard InChI is InChI=1S/C10H13NO2S/c1-4-6-8(5-2)9(10(12)13)14-7(3)11/h4-6,9,11H,1-2H2,3H3,(H,12,13)/b8-6+,11-7?. The van der Waals surface area contributed by atoms with Crippen molar-refractivity contribution in [2.45, 2.75) is 12.2 Å². The van der Waals surface area contributed by atoms with Crippen molar-refractivity contribution < 1.29 is 9.90 Å². The first kappa shape index (κ1) is 12.7. The molecule has 0 aliphatic rings. The molecule has 0 radical (unpaired) electrons. The molecular weight excluding hydrogens is 198 g/mol. The maximum absolute atomic E-state index is 10.9. The molecule has 0 aromatic carbocycles. The van der Waals surface area contributed by atoms with Crippen LogP contribution < -0.4 is 0 Å². The zero-order valence-electron chi connectivity index (χ0n) is 7.99. The van der Waals surface area contributed by atoms with Crippen molar-refractivity contribution in [3.05, 3.63) is 37.0 Å². The molecule has 3 nitrogen and oxygen atoms in total. The number of hydrogen-bond acceptors (Lipinski definition) is 3. The van der Waals surface area contributed by atoms with E-state index in [0.717, 1.165) is 11.8 Å². The van der Waals surface area contributed by atoms with Gasteiger partial charge in [0.05, 0.1) is 5.04 Å². The molecule has 0 aliphatic carbocycles. The Morgan fingerprint density at radius 3 is 2.43 bits per heavy atom. The molecule has 0 heterocycles. The fourth-order valence-corrected chi connectivity index (χ4v) is 1.60. The highest BCUT2D eigenvalue weighted by atomic mass is 32.2. The van der Waals surface area contributed by atoms with Gasteiger partial charge in [0, 0.05) is 0 Å². The van der Waals surface area contributed by atoms with Crippen LogP contribution in [0.25, 0.3) is 0 Å². The van der Waals surface area contributed by atoms with Crippen LogP contribution in [0.3, 0.4) is 0 Å². The molecule has 2 N–H and O–H groups in total. The molecule has 14 heavy (non-hydrogen) atoms. The van der Waals surface area contributed by atoms with E-state index >= 15 is 0 Å². The van der Waals surface area contributed by atoms with Crippen LogP contribution in [0, 0.1) is 5.41 Å². The lowest BCUT2D eigenvalue weighted by atomic mass is 10.1. The number of nitrogens with one attached hydrogen (secondary N) is 1. The molecule has 0 aromatic heterocycles. The Balaban J connectivity index is 4.87. The molecular formula is C10H13NO2S. The van der Waals surface area contributed by atoms with E-state index < -0.39 is 11.2 Å². The highest BCUT2D eigenvalue weighted by Gasteiger charge is 2.21. The van der Waals surface area contributed by atoms with E-state index in [1.54, 1.807) is 13.0 Å². The van der Waals surface area contributed by atoms with Crippen LogP contribution in [0.2, 0.25) is 0 Å². The average molecular weight is 211 g/mol. The summed E-state index contributed by atoms with van der Waals surface area (Å²) in [5, 5.41) is 15.6. The number of carboxylic acid groups (broad SMARTS) is 1. The summed E-state index contributed by atoms with van der Waals surface area (Å²) in [6.45, 7) is 8.57. The fourth-order valence-electron chi connectivity index (χ4n) is 0.836. The Hall–Kier alpha value is -1.29. The lowest BCUT2D eigenvalue weighted by Crippen LogP contribution is -2.19. The summed E-state index contributed by atoms with van der Waals surface area (Å²) in [6, 6.07) is 0. The van der Waals surface area contributed by atoms with E-state index in [4.69, 9.17) is 10.5 Å². The van der Waals surface area contributed by atoms with Gasteiger partial charge in [-0.25, -0.2) is 0 Å². The lowest BCUT2D eigenvalue weighted by molar-refractivity contribution is -0.135. The van der Waals surface area contributed by atoms with Gasteiger partial charge in [-0.15, -0.1) is 0 Å². The molecule has 0 aromatic rings. The second kappa shape index (κ2) is 6.21. The number of aliphatic carboxylic acids is 1. The normalized spacial score (nSPS) is 13.1. The summed E-state index contributed by atoms with van der Waals surface area (Å²) in [4.78, 5) is 10.9. The maximum Gasteiger partial charge on any atom is 0.321 e. The van der Waals surface area contributed by atoms with Crippen LogP contribution in [-0.4, -0.2) is 21.4 Å². The van der Waals surface area contributed by atoms with Gasteiger partial charge in [0.1, 0.15) is 5.25 Å². The molecule has 0 saturated carbocycles. The largest absolute Gasteiger partial charge is 0.480 e. The van der Waals surface area contributed by atoms with Gasteiger partial charge >= 0.3 is 5.97 Å². The summed E-state index contributed by atoms with van der Waals surface area (Å²) in [7, 11) is 0. The van der Waals surface area contributed by atoms with Gasteiger partial charge in [-0.1, -0.05) is 43.1 Å². The van der Waals surface area contributed by atoms with Gasteiger partial charge in [0.25, 0.3) is 0 Å². The number of carboxylic acids is 1. The van der Waals surface area contributed by atoms with E-state index in [1.165, 1.54) is 12.2 Å². The van der Waals surface area contributed by atoms with Gasteiger partial charge in [0.15, 0.2) is 0 Å². The van der Waals surface area contributed by atoms with E-state index in [0.29, 0.717) is 5.57 Å². The Labute approximate surface area is 87.7 Å². The highest BCUT2D eigenvalue weighted by molar-refractivity contribution is 8.15. The minimum atomic E-state index is -0.977. The predicted molar refractivity (Wildman–Crippen MR) is 60.9 cm³/mol. The van der Waals surface area contributed by atoms with Gasteiger partial charge in [0.2, 0.25) is 0 Å². The van der Waals surface area contributed by atoms with E-state index in [-0.39, 0.29) is 5.04 Å². The molecule has 0 amide bonds. The number of hydrogen-bond donors (Lipinski definition) is 2. The Bertz CT molecular complexity index is 294. The van der Waals surface area contributed by atoms with Crippen LogP contribution >= 0.6 is 11.8 Å². The summed E-state index contributed by atoms with van der Waals surface area (Å²) >= 11 is 0.977. The predicted octanol–water partition coefficient (Wildman–Crippen LogP) is 2.47. The van der Waals surface area contributed by atoms with E-state index in [1.807, 2.05) is 0 Å². The molecule has 0 aliphatic heterocycles. The van der Waals surface area contributed by atoms with Gasteiger partial charge in [-0.3, -0.25) is 10.2 Å². The Kier molecular flexibility index (Phi) is 5.64. The third-order valence-corrected chi connectivity index (χ3v) is 2.43. The SMILES string of the molecule is C=C/C=C(\C=C)C(SC(C)=N)C(=O)O. The topological polar surface area (TPSA) is 61.2 Å². The average Bonchev–Trinajstić information content (AvgIpc) is 2.10. The monoisotopic (exact) mass is 211 g/mol. The molecule has 1 unspecified atom stereocenters. The fraction of sp³-hybridized carbons (Fsp3) is 0.200. The number of carbonyl (C=O) groups is 1. The quantitative estimate of drug-likeness (QED) is 0.417. The molecule has 0 spiro atoms. The Morgan fingerprint density at radius 2 is 2.14 bits per heavy atom. The first-order chi connectivity index (χ1) is 6.52. The minimum absolute atomic E-state index is 0.259. The number of thioether (sulfide) groups is 1. The molecule has 76 valence electrons. The van der Waals surface area contributed by atoms with Crippen molar-refractivity contribution >= 4 is 22.8 Å². The molecule has 0 rings (SSSR count). The van der Waals surface area contributed by atoms with Gasteiger partial charge in [-0.05, 0) is 12.5 Å². The zero-order valence-corrected chi connectivity index (χ0v) is 8.80. The summed E-state index contributed by atoms with van der Waals surface area (Å²) in [5.74, 6) is -0.977. The summed E-state index contributed by atoms with van der Waals surface area (Å²) < 4.78 is 0. The molecule has 1 atom stereocenters. The van der Waals surface area contributed by atoms with Crippen molar-refractivity contribution in [1.82, 2.24) is 0 Å². The van der Waals surface area contributed by atoms with Crippen molar-refractivity contribution in [1.29, 1.82) is 5.41 Å². The zero-order chi connectivity index (χ0) is 11.1. The third-order valence-electron chi connectivity index (χ3n) is 1.37. The van der Waals surface area contributed by atoms with E-state index in [2.05, 4.69) is 13.2 Å². The van der Waals surface area contributed by atoms with Crippen molar-refractivity contribution in [2.24, 2.45) is 0 Å². The van der Waals surface area contributed by atoms with Crippen molar-refractivity contribution in [3.8, 4) is 0 Å². The maximum atomic E-state index is 10.9. The molecule has 0 bridgehead atoms. The third kappa shape index (κ3) is 4.09. The van der Waals surface area contributed by atoms with Crippen molar-refractivity contribution in [3.63, 3.8) is 0 Å². The van der Waals surface area contributed by atoms with Gasteiger partial charge < -0.3 is 5.11 Å². The number of allylic oxidation sites excluding steroid dienone is 3. The van der Waals surface area contributed by atoms with Crippen LogP contribution in [0.15, 0.2) is 37.0 Å². The second-order valence-electron chi connectivity index (χ2n) is 2.50. The molecule has 0 saturated heterocycles. The first-order valence-corrected chi connectivity index (χ1v) is 4.80. The summed E-state index contributed by atoms with van der Waals surface area (Å²) in [6.07, 6.45) is 4.56. The van der Waals surface area contributed by atoms with Crippen LogP contribution in [0.4, 0.5) is 0 Å². The minimum Gasteiger partial charge on any atom is -0.480 e. The first-order valence-electron chi connectivity index (χ1n) is 3.92. The Morgan fingerprint density at radius 1 is 1.57 bits per heavy atom. The van der Waals surface area contributed by atoms with Crippen LogP contribution in [0.1, 0.15) is 6.92 Å². The van der Waals surface area contributed by atoms with Crippen LogP contribution in [-0.2, 0) is 4.79 Å². The van der Waals surface area contributed by atoms with Crippen molar-refractivity contribution in [2.75, 3.05) is 0 Å². The second-order valence-corrected chi connectivity index (χ2v) is 3.82. The molecule has 4 heteroatoms. The number of rotatable bonds is 5. The van der Waals surface area contributed by atoms with E-state index in [9.17, 15) is 4.79 Å². The summed E-state index contributed by atoms with van der Waals surface area (Å²) in [5.41, 5.74) is 0.545. The molecule has 0 fully saturated rings. The van der Waals surface area contributed by atoms with Gasteiger partial charge in [-0.2, -0.15) is 0 Å². The smallest absolute Gasteiger partial charge is 0.321 e. The lowest BCUT2D eigenvalue weighted by Gasteiger charge is -2.11.